The Morgan fingerprint density at radius 1 is 1.38 bits per heavy atom. The van der Waals surface area contributed by atoms with Crippen LogP contribution in [0.3, 0.4) is 0 Å². The Hall–Kier alpha value is -0.120. The van der Waals surface area contributed by atoms with E-state index in [1.807, 2.05) is 0 Å². The Labute approximate surface area is 100 Å². The lowest BCUT2D eigenvalue weighted by Gasteiger charge is -2.27. The summed E-state index contributed by atoms with van der Waals surface area (Å²) in [4.78, 5) is 2.58. The first-order valence-corrected chi connectivity index (χ1v) is 6.65. The minimum atomic E-state index is 0.234. The maximum absolute atomic E-state index is 5.63. The molecule has 0 spiro atoms. The molecule has 2 N–H and O–H groups in total. The van der Waals surface area contributed by atoms with E-state index in [9.17, 15) is 0 Å². The van der Waals surface area contributed by atoms with Crippen molar-refractivity contribution in [2.45, 2.75) is 45.6 Å². The van der Waals surface area contributed by atoms with Crippen LogP contribution in [-0.2, 0) is 4.74 Å². The largest absolute Gasteiger partial charge is 0.380 e. The Kier molecular flexibility index (Phi) is 5.73. The standard InChI is InChI=1S/C13H28N2O/c1-4-13(5-2)7-9-15(11-13)8-6-12(10-14)16-3/h12H,4-11,14H2,1-3H3. The quantitative estimate of drug-likeness (QED) is 0.723. The molecule has 1 saturated heterocycles. The van der Waals surface area contributed by atoms with Gasteiger partial charge in [-0.15, -0.1) is 0 Å². The molecule has 0 bridgehead atoms. The van der Waals surface area contributed by atoms with Crippen molar-refractivity contribution in [3.63, 3.8) is 0 Å². The van der Waals surface area contributed by atoms with Gasteiger partial charge in [0.2, 0.25) is 0 Å². The fourth-order valence-corrected chi connectivity index (χ4v) is 2.70. The summed E-state index contributed by atoms with van der Waals surface area (Å²) in [5.41, 5.74) is 6.22. The monoisotopic (exact) mass is 228 g/mol. The van der Waals surface area contributed by atoms with Gasteiger partial charge in [-0.25, -0.2) is 0 Å². The molecule has 0 aliphatic carbocycles. The molecule has 16 heavy (non-hydrogen) atoms. The number of rotatable bonds is 7. The number of hydrogen-bond donors (Lipinski definition) is 1. The van der Waals surface area contributed by atoms with E-state index in [-0.39, 0.29) is 6.10 Å². The highest BCUT2D eigenvalue weighted by atomic mass is 16.5. The predicted octanol–water partition coefficient (Wildman–Crippen LogP) is 1.86. The molecular weight excluding hydrogens is 200 g/mol. The second-order valence-electron chi connectivity index (χ2n) is 5.12. The normalized spacial score (nSPS) is 22.5. The first-order valence-electron chi connectivity index (χ1n) is 6.65. The number of ether oxygens (including phenoxy) is 1. The van der Waals surface area contributed by atoms with Crippen molar-refractivity contribution in [2.24, 2.45) is 11.1 Å². The summed E-state index contributed by atoms with van der Waals surface area (Å²) in [6.45, 7) is 8.94. The minimum Gasteiger partial charge on any atom is -0.380 e. The maximum atomic E-state index is 5.63. The zero-order valence-electron chi connectivity index (χ0n) is 11.2. The molecule has 1 rings (SSSR count). The Morgan fingerprint density at radius 2 is 2.06 bits per heavy atom. The van der Waals surface area contributed by atoms with Gasteiger partial charge in [0.1, 0.15) is 0 Å². The Morgan fingerprint density at radius 3 is 2.50 bits per heavy atom. The molecule has 1 atom stereocenters. The summed E-state index contributed by atoms with van der Waals surface area (Å²) in [5, 5.41) is 0. The van der Waals surface area contributed by atoms with Gasteiger partial charge in [-0.1, -0.05) is 13.8 Å². The summed E-state index contributed by atoms with van der Waals surface area (Å²) in [6.07, 6.45) is 5.28. The number of hydrogen-bond acceptors (Lipinski definition) is 3. The van der Waals surface area contributed by atoms with E-state index in [0.717, 1.165) is 13.0 Å². The van der Waals surface area contributed by atoms with Gasteiger partial charge in [0.05, 0.1) is 6.10 Å². The Balaban J connectivity index is 2.31. The molecular formula is C13H28N2O. The highest BCUT2D eigenvalue weighted by Gasteiger charge is 2.34. The van der Waals surface area contributed by atoms with Crippen molar-refractivity contribution in [1.29, 1.82) is 0 Å². The molecule has 1 fully saturated rings. The molecule has 1 unspecified atom stereocenters. The van der Waals surface area contributed by atoms with Crippen LogP contribution in [0.25, 0.3) is 0 Å². The minimum absolute atomic E-state index is 0.234. The third kappa shape index (κ3) is 3.44. The van der Waals surface area contributed by atoms with Gasteiger partial charge in [0, 0.05) is 26.7 Å². The van der Waals surface area contributed by atoms with Crippen molar-refractivity contribution in [2.75, 3.05) is 33.3 Å². The van der Waals surface area contributed by atoms with Gasteiger partial charge in [-0.3, -0.25) is 0 Å². The van der Waals surface area contributed by atoms with E-state index in [4.69, 9.17) is 10.5 Å². The molecule has 3 nitrogen and oxygen atoms in total. The zero-order chi connectivity index (χ0) is 12.0. The lowest BCUT2D eigenvalue weighted by atomic mass is 9.82. The van der Waals surface area contributed by atoms with E-state index in [1.54, 1.807) is 7.11 Å². The molecule has 96 valence electrons. The molecule has 0 saturated carbocycles. The maximum Gasteiger partial charge on any atom is 0.0705 e. The van der Waals surface area contributed by atoms with Gasteiger partial charge >= 0.3 is 0 Å². The van der Waals surface area contributed by atoms with Crippen molar-refractivity contribution in [3.05, 3.63) is 0 Å². The number of nitrogens with two attached hydrogens (primary N) is 1. The predicted molar refractivity (Wildman–Crippen MR) is 68.5 cm³/mol. The van der Waals surface area contributed by atoms with Crippen LogP contribution in [-0.4, -0.2) is 44.3 Å². The van der Waals surface area contributed by atoms with Crippen LogP contribution in [0.1, 0.15) is 39.5 Å². The second-order valence-corrected chi connectivity index (χ2v) is 5.12. The molecule has 1 aliphatic rings. The van der Waals surface area contributed by atoms with Crippen LogP contribution in [0, 0.1) is 5.41 Å². The van der Waals surface area contributed by atoms with Crippen LogP contribution >= 0.6 is 0 Å². The molecule has 0 aromatic rings. The lowest BCUT2D eigenvalue weighted by Crippen LogP contribution is -2.31. The molecule has 0 amide bonds. The summed E-state index contributed by atoms with van der Waals surface area (Å²) < 4.78 is 5.31. The van der Waals surface area contributed by atoms with Gasteiger partial charge in [0.15, 0.2) is 0 Å². The van der Waals surface area contributed by atoms with E-state index in [2.05, 4.69) is 18.7 Å². The first-order chi connectivity index (χ1) is 7.69. The average Bonchev–Trinajstić information content (AvgIpc) is 2.75. The van der Waals surface area contributed by atoms with Crippen LogP contribution in [0.15, 0.2) is 0 Å². The third-order valence-corrected chi connectivity index (χ3v) is 4.38. The topological polar surface area (TPSA) is 38.5 Å². The average molecular weight is 228 g/mol. The van der Waals surface area contributed by atoms with E-state index in [0.29, 0.717) is 12.0 Å². The summed E-state index contributed by atoms with van der Waals surface area (Å²) in [6, 6.07) is 0. The van der Waals surface area contributed by atoms with Crippen molar-refractivity contribution < 1.29 is 4.74 Å². The summed E-state index contributed by atoms with van der Waals surface area (Å²) in [5.74, 6) is 0. The van der Waals surface area contributed by atoms with Crippen molar-refractivity contribution in [1.82, 2.24) is 4.90 Å². The van der Waals surface area contributed by atoms with E-state index >= 15 is 0 Å². The summed E-state index contributed by atoms with van der Waals surface area (Å²) >= 11 is 0. The zero-order valence-corrected chi connectivity index (χ0v) is 11.2. The number of likely N-dealkylation sites (tertiary alicyclic amines) is 1. The van der Waals surface area contributed by atoms with E-state index in [1.165, 1.54) is 32.4 Å². The molecule has 3 heteroatoms. The fraction of sp³-hybridized carbons (Fsp3) is 1.00. The van der Waals surface area contributed by atoms with Crippen LogP contribution in [0.5, 0.6) is 0 Å². The fourth-order valence-electron chi connectivity index (χ4n) is 2.70. The molecule has 1 heterocycles. The highest BCUT2D eigenvalue weighted by Crippen LogP contribution is 2.36. The first kappa shape index (κ1) is 13.9. The van der Waals surface area contributed by atoms with E-state index < -0.39 is 0 Å². The van der Waals surface area contributed by atoms with Gasteiger partial charge in [0.25, 0.3) is 0 Å². The van der Waals surface area contributed by atoms with Crippen LogP contribution in [0.2, 0.25) is 0 Å². The van der Waals surface area contributed by atoms with Gasteiger partial charge in [-0.05, 0) is 37.6 Å². The molecule has 0 aromatic carbocycles. The van der Waals surface area contributed by atoms with Crippen molar-refractivity contribution in [3.8, 4) is 0 Å². The Bertz CT molecular complexity index is 188. The third-order valence-electron chi connectivity index (χ3n) is 4.38. The van der Waals surface area contributed by atoms with Gasteiger partial charge in [-0.2, -0.15) is 0 Å². The molecule has 0 aromatic heterocycles. The highest BCUT2D eigenvalue weighted by molar-refractivity contribution is 4.88. The van der Waals surface area contributed by atoms with Crippen molar-refractivity contribution >= 4 is 0 Å². The lowest BCUT2D eigenvalue weighted by molar-refractivity contribution is 0.0905. The smallest absolute Gasteiger partial charge is 0.0705 e. The summed E-state index contributed by atoms with van der Waals surface area (Å²) in [7, 11) is 1.75. The van der Waals surface area contributed by atoms with Crippen LogP contribution < -0.4 is 5.73 Å². The SMILES string of the molecule is CCC1(CC)CCN(CCC(CN)OC)C1. The van der Waals surface area contributed by atoms with Gasteiger partial charge < -0.3 is 15.4 Å². The molecule has 1 aliphatic heterocycles. The number of nitrogens with zero attached hydrogens (tertiary/aromatic N) is 1. The van der Waals surface area contributed by atoms with Crippen LogP contribution in [0.4, 0.5) is 0 Å². The number of methoxy groups -OCH3 is 1. The molecule has 0 radical (unpaired) electrons. The second kappa shape index (κ2) is 6.58.